The van der Waals surface area contributed by atoms with Crippen molar-refractivity contribution >= 4 is 17.4 Å². The number of anilines is 1. The van der Waals surface area contributed by atoms with E-state index in [1.807, 2.05) is 18.2 Å². The number of benzene rings is 2. The summed E-state index contributed by atoms with van der Waals surface area (Å²) in [6, 6.07) is 14.4. The second-order valence-corrected chi connectivity index (χ2v) is 9.98. The second kappa shape index (κ2) is 7.57. The first kappa shape index (κ1) is 19.3. The lowest BCUT2D eigenvalue weighted by Gasteiger charge is -2.56. The van der Waals surface area contributed by atoms with Crippen LogP contribution in [0.15, 0.2) is 48.5 Å². The number of hydrogen-bond donors (Lipinski definition) is 2. The number of Topliss-reactive ketones (excluding diaryl/α,β-unsaturated/α-hetero) is 1. The molecule has 0 heterocycles. The van der Waals surface area contributed by atoms with Gasteiger partial charge in [-0.2, -0.15) is 0 Å². The van der Waals surface area contributed by atoms with Crippen LogP contribution in [0.25, 0.3) is 0 Å². The first-order valence-corrected chi connectivity index (χ1v) is 11.2. The first-order chi connectivity index (χ1) is 14.5. The third kappa shape index (κ3) is 3.76. The van der Waals surface area contributed by atoms with Gasteiger partial charge in [-0.3, -0.25) is 9.59 Å². The molecule has 0 aliphatic heterocycles. The highest BCUT2D eigenvalue weighted by Gasteiger charge is 2.50. The third-order valence-corrected chi connectivity index (χ3v) is 7.66. The van der Waals surface area contributed by atoms with Gasteiger partial charge in [0.05, 0.1) is 0 Å². The fraction of sp³-hybridized carbons (Fsp3) is 0.462. The van der Waals surface area contributed by atoms with Gasteiger partial charge in [0.15, 0.2) is 5.78 Å². The number of amides is 1. The van der Waals surface area contributed by atoms with Gasteiger partial charge in [0.25, 0.3) is 5.91 Å². The SMILES string of the molecule is Nc1ccccc1CC(=O)c1ccc(C(=O)NCC23CC4CC(CC(C4)C2)C3)cc1. The maximum atomic E-state index is 12.7. The zero-order valence-electron chi connectivity index (χ0n) is 17.4. The van der Waals surface area contributed by atoms with Crippen LogP contribution in [0.1, 0.15) is 64.8 Å². The van der Waals surface area contributed by atoms with Gasteiger partial charge in [0, 0.05) is 29.8 Å². The monoisotopic (exact) mass is 402 g/mol. The molecule has 0 atom stereocenters. The predicted molar refractivity (Wildman–Crippen MR) is 118 cm³/mol. The average molecular weight is 403 g/mol. The quantitative estimate of drug-likeness (QED) is 0.546. The minimum absolute atomic E-state index is 0.00780. The Labute approximate surface area is 178 Å². The third-order valence-electron chi connectivity index (χ3n) is 7.66. The highest BCUT2D eigenvalue weighted by Crippen LogP contribution is 2.59. The van der Waals surface area contributed by atoms with Gasteiger partial charge in [-0.15, -0.1) is 0 Å². The molecule has 0 spiro atoms. The molecule has 156 valence electrons. The smallest absolute Gasteiger partial charge is 0.251 e. The van der Waals surface area contributed by atoms with E-state index in [1.54, 1.807) is 30.3 Å². The molecular weight excluding hydrogens is 372 g/mol. The molecular formula is C26H30N2O2. The fourth-order valence-electron chi connectivity index (χ4n) is 6.65. The van der Waals surface area contributed by atoms with Crippen molar-refractivity contribution in [1.29, 1.82) is 0 Å². The van der Waals surface area contributed by atoms with Gasteiger partial charge in [-0.25, -0.2) is 0 Å². The van der Waals surface area contributed by atoms with Gasteiger partial charge < -0.3 is 11.1 Å². The van der Waals surface area contributed by atoms with E-state index >= 15 is 0 Å². The number of nitrogens with two attached hydrogens (primary N) is 1. The van der Waals surface area contributed by atoms with Crippen molar-refractivity contribution in [1.82, 2.24) is 5.32 Å². The Morgan fingerprint density at radius 1 is 0.867 bits per heavy atom. The molecule has 4 aliphatic rings. The number of ketones is 1. The minimum atomic E-state index is -0.0305. The van der Waals surface area contributed by atoms with Crippen LogP contribution in [0.4, 0.5) is 5.69 Å². The summed E-state index contributed by atoms with van der Waals surface area (Å²) >= 11 is 0. The van der Waals surface area contributed by atoms with Crippen LogP contribution in [0, 0.1) is 23.2 Å². The fourth-order valence-corrected chi connectivity index (χ4v) is 6.65. The number of nitrogen functional groups attached to an aromatic ring is 1. The summed E-state index contributed by atoms with van der Waals surface area (Å²) in [5.74, 6) is 2.64. The first-order valence-electron chi connectivity index (χ1n) is 11.2. The maximum absolute atomic E-state index is 12.7. The van der Waals surface area contributed by atoms with E-state index in [0.717, 1.165) is 29.9 Å². The summed E-state index contributed by atoms with van der Waals surface area (Å²) in [6.45, 7) is 0.795. The molecule has 3 N–H and O–H groups in total. The lowest BCUT2D eigenvalue weighted by Crippen LogP contribution is -2.51. The Kier molecular flexibility index (Phi) is 4.88. The Balaban J connectivity index is 1.20. The standard InChI is InChI=1S/C26H30N2O2/c27-23-4-2-1-3-22(23)12-24(29)20-5-7-21(8-6-20)25(30)28-16-26-13-17-9-18(14-26)11-19(10-17)15-26/h1-8,17-19H,9-16,27H2,(H,28,30). The van der Waals surface area contributed by atoms with Crippen molar-refractivity contribution in [3.05, 3.63) is 65.2 Å². The van der Waals surface area contributed by atoms with Crippen molar-refractivity contribution in [3.63, 3.8) is 0 Å². The molecule has 0 radical (unpaired) electrons. The van der Waals surface area contributed by atoms with Gasteiger partial charge in [0.2, 0.25) is 0 Å². The minimum Gasteiger partial charge on any atom is -0.398 e. The summed E-state index contributed by atoms with van der Waals surface area (Å²) in [4.78, 5) is 25.3. The van der Waals surface area contributed by atoms with Crippen LogP contribution in [0.5, 0.6) is 0 Å². The molecule has 2 aromatic rings. The molecule has 0 unspecified atom stereocenters. The van der Waals surface area contributed by atoms with E-state index in [4.69, 9.17) is 5.73 Å². The maximum Gasteiger partial charge on any atom is 0.251 e. The topological polar surface area (TPSA) is 72.2 Å². The number of rotatable bonds is 6. The Morgan fingerprint density at radius 3 is 2.03 bits per heavy atom. The van der Waals surface area contributed by atoms with Gasteiger partial charge in [-0.05, 0) is 85.5 Å². The Hall–Kier alpha value is -2.62. The largest absolute Gasteiger partial charge is 0.398 e. The molecule has 6 rings (SSSR count). The number of para-hydroxylation sites is 1. The molecule has 4 fully saturated rings. The predicted octanol–water partition coefficient (Wildman–Crippen LogP) is 4.64. The van der Waals surface area contributed by atoms with E-state index in [2.05, 4.69) is 5.32 Å². The molecule has 4 nitrogen and oxygen atoms in total. The number of hydrogen-bond acceptors (Lipinski definition) is 3. The van der Waals surface area contributed by atoms with E-state index in [9.17, 15) is 9.59 Å². The number of carbonyl (C=O) groups is 2. The normalized spacial score (nSPS) is 29.0. The Morgan fingerprint density at radius 2 is 1.43 bits per heavy atom. The highest BCUT2D eigenvalue weighted by atomic mass is 16.1. The molecule has 0 aromatic heterocycles. The highest BCUT2D eigenvalue weighted by molar-refractivity contribution is 6.00. The molecule has 4 bridgehead atoms. The van der Waals surface area contributed by atoms with Crippen molar-refractivity contribution < 1.29 is 9.59 Å². The van der Waals surface area contributed by atoms with E-state index in [-0.39, 0.29) is 18.1 Å². The zero-order valence-corrected chi connectivity index (χ0v) is 17.4. The van der Waals surface area contributed by atoms with Crippen molar-refractivity contribution in [2.45, 2.75) is 44.9 Å². The molecule has 1 amide bonds. The lowest BCUT2D eigenvalue weighted by molar-refractivity contribution is -0.0503. The second-order valence-electron chi connectivity index (χ2n) is 9.98. The molecule has 4 aliphatic carbocycles. The molecule has 4 heteroatoms. The van der Waals surface area contributed by atoms with E-state index in [0.29, 0.717) is 22.2 Å². The average Bonchev–Trinajstić information content (AvgIpc) is 2.73. The summed E-state index contributed by atoms with van der Waals surface area (Å²) in [7, 11) is 0. The summed E-state index contributed by atoms with van der Waals surface area (Å²) in [6.07, 6.45) is 8.37. The van der Waals surface area contributed by atoms with Crippen LogP contribution in [0.2, 0.25) is 0 Å². The molecule has 2 aromatic carbocycles. The van der Waals surface area contributed by atoms with Crippen LogP contribution < -0.4 is 11.1 Å². The summed E-state index contributed by atoms with van der Waals surface area (Å²) in [5.41, 5.74) is 8.97. The van der Waals surface area contributed by atoms with Crippen molar-refractivity contribution in [3.8, 4) is 0 Å². The van der Waals surface area contributed by atoms with E-state index in [1.165, 1.54) is 38.5 Å². The van der Waals surface area contributed by atoms with Crippen LogP contribution in [-0.4, -0.2) is 18.2 Å². The number of carbonyl (C=O) groups excluding carboxylic acids is 2. The summed E-state index contributed by atoms with van der Waals surface area (Å²) in [5, 5.41) is 3.21. The van der Waals surface area contributed by atoms with Gasteiger partial charge in [0.1, 0.15) is 0 Å². The summed E-state index contributed by atoms with van der Waals surface area (Å²) < 4.78 is 0. The zero-order chi connectivity index (χ0) is 20.7. The van der Waals surface area contributed by atoms with Crippen LogP contribution in [-0.2, 0) is 6.42 Å². The van der Waals surface area contributed by atoms with Crippen LogP contribution in [0.3, 0.4) is 0 Å². The van der Waals surface area contributed by atoms with Gasteiger partial charge >= 0.3 is 0 Å². The molecule has 30 heavy (non-hydrogen) atoms. The lowest BCUT2D eigenvalue weighted by atomic mass is 9.49. The van der Waals surface area contributed by atoms with Crippen molar-refractivity contribution in [2.24, 2.45) is 23.2 Å². The van der Waals surface area contributed by atoms with E-state index < -0.39 is 0 Å². The van der Waals surface area contributed by atoms with Gasteiger partial charge in [-0.1, -0.05) is 30.3 Å². The van der Waals surface area contributed by atoms with Crippen LogP contribution >= 0.6 is 0 Å². The number of nitrogens with one attached hydrogen (secondary N) is 1. The molecule has 0 saturated heterocycles. The molecule has 4 saturated carbocycles. The van der Waals surface area contributed by atoms with Crippen molar-refractivity contribution in [2.75, 3.05) is 12.3 Å². The Bertz CT molecular complexity index is 928.